The van der Waals surface area contributed by atoms with E-state index in [-0.39, 0.29) is 5.56 Å². The van der Waals surface area contributed by atoms with E-state index in [1.165, 1.54) is 5.56 Å². The van der Waals surface area contributed by atoms with Gasteiger partial charge in [-0.3, -0.25) is 4.79 Å². The summed E-state index contributed by atoms with van der Waals surface area (Å²) in [5.41, 5.74) is 11.8. The fourth-order valence-corrected chi connectivity index (χ4v) is 3.17. The first-order chi connectivity index (χ1) is 12.7. The summed E-state index contributed by atoms with van der Waals surface area (Å²) in [5, 5.41) is 0.980. The van der Waals surface area contributed by atoms with Crippen LogP contribution < -0.4 is 11.3 Å². The van der Waals surface area contributed by atoms with Crippen LogP contribution in [-0.4, -0.2) is 9.97 Å². The Hall–Kier alpha value is -3.24. The molecule has 128 valence electrons. The molecule has 2 aromatic heterocycles. The molecule has 0 atom stereocenters. The highest BCUT2D eigenvalue weighted by Gasteiger charge is 2.06. The van der Waals surface area contributed by atoms with Crippen molar-refractivity contribution < 1.29 is 0 Å². The van der Waals surface area contributed by atoms with E-state index in [9.17, 15) is 4.79 Å². The summed E-state index contributed by atoms with van der Waals surface area (Å²) in [4.78, 5) is 18.9. The van der Waals surface area contributed by atoms with E-state index in [1.54, 1.807) is 12.3 Å². The van der Waals surface area contributed by atoms with Gasteiger partial charge in [-0.25, -0.2) is 4.98 Å². The van der Waals surface area contributed by atoms with Gasteiger partial charge in [-0.2, -0.15) is 0 Å². The van der Waals surface area contributed by atoms with E-state index in [0.717, 1.165) is 27.6 Å². The Morgan fingerprint density at radius 1 is 0.885 bits per heavy atom. The molecular formula is C22H19N3O. The Kier molecular flexibility index (Phi) is 4.33. The minimum atomic E-state index is -0.122. The average Bonchev–Trinajstić information content (AvgIpc) is 2.68. The van der Waals surface area contributed by atoms with E-state index >= 15 is 0 Å². The lowest BCUT2D eigenvalue weighted by Gasteiger charge is -2.08. The van der Waals surface area contributed by atoms with Crippen LogP contribution >= 0.6 is 0 Å². The van der Waals surface area contributed by atoms with Crippen molar-refractivity contribution >= 4 is 11.0 Å². The number of nitrogens with two attached hydrogens (primary N) is 1. The molecule has 4 rings (SSSR count). The van der Waals surface area contributed by atoms with Gasteiger partial charge in [-0.05, 0) is 46.4 Å². The lowest BCUT2D eigenvalue weighted by molar-refractivity contribution is 1.07. The molecule has 4 heteroatoms. The van der Waals surface area contributed by atoms with Crippen molar-refractivity contribution in [2.24, 2.45) is 5.73 Å². The molecule has 0 radical (unpaired) electrons. The maximum atomic E-state index is 11.9. The van der Waals surface area contributed by atoms with E-state index in [1.807, 2.05) is 12.1 Å². The number of hydrogen-bond donors (Lipinski definition) is 2. The van der Waals surface area contributed by atoms with Crippen molar-refractivity contribution in [3.63, 3.8) is 0 Å². The Morgan fingerprint density at radius 2 is 1.54 bits per heavy atom. The molecule has 0 aliphatic carbocycles. The summed E-state index contributed by atoms with van der Waals surface area (Å²) in [6.45, 7) is 0.554. The van der Waals surface area contributed by atoms with Gasteiger partial charge in [0.05, 0.1) is 0 Å². The van der Waals surface area contributed by atoms with Crippen LogP contribution in [0.5, 0.6) is 0 Å². The third kappa shape index (κ3) is 3.27. The van der Waals surface area contributed by atoms with Crippen molar-refractivity contribution in [1.82, 2.24) is 9.97 Å². The molecule has 0 aliphatic heterocycles. The van der Waals surface area contributed by atoms with Gasteiger partial charge in [0.2, 0.25) is 5.56 Å². The van der Waals surface area contributed by atoms with Crippen LogP contribution in [0.1, 0.15) is 16.7 Å². The molecule has 26 heavy (non-hydrogen) atoms. The highest BCUT2D eigenvalue weighted by atomic mass is 16.1. The highest BCUT2D eigenvalue weighted by molar-refractivity contribution is 5.78. The van der Waals surface area contributed by atoms with Crippen molar-refractivity contribution in [2.45, 2.75) is 13.0 Å². The predicted octanol–water partition coefficient (Wildman–Crippen LogP) is 3.64. The number of nitrogens with one attached hydrogen (secondary N) is 1. The van der Waals surface area contributed by atoms with Gasteiger partial charge >= 0.3 is 0 Å². The van der Waals surface area contributed by atoms with E-state index in [4.69, 9.17) is 5.73 Å². The molecule has 4 nitrogen and oxygen atoms in total. The summed E-state index contributed by atoms with van der Waals surface area (Å²) in [7, 11) is 0. The maximum absolute atomic E-state index is 11.9. The average molecular weight is 341 g/mol. The smallest absolute Gasteiger partial charge is 0.249 e. The number of aromatic amines is 1. The summed E-state index contributed by atoms with van der Waals surface area (Å²) in [6, 6.07) is 22.3. The molecule has 0 saturated carbocycles. The topological polar surface area (TPSA) is 71.8 Å². The summed E-state index contributed by atoms with van der Waals surface area (Å²) in [5.74, 6) is 0. The molecule has 0 fully saturated rings. The van der Waals surface area contributed by atoms with E-state index in [0.29, 0.717) is 18.6 Å². The van der Waals surface area contributed by atoms with Crippen LogP contribution in [0.4, 0.5) is 0 Å². The van der Waals surface area contributed by atoms with E-state index in [2.05, 4.69) is 58.5 Å². The first kappa shape index (κ1) is 16.2. The monoisotopic (exact) mass is 341 g/mol. The number of H-pyrrole nitrogens is 1. The second kappa shape index (κ2) is 6.94. The SMILES string of the molecule is NCc1ccc(-c2ccc(Cc3cc(=O)[nH]c4ncccc34)cc2)cc1. The molecular weight excluding hydrogens is 322 g/mol. The molecule has 4 aromatic rings. The Labute approximate surface area is 151 Å². The van der Waals surface area contributed by atoms with Gasteiger partial charge in [0.15, 0.2) is 0 Å². The summed E-state index contributed by atoms with van der Waals surface area (Å²) in [6.07, 6.45) is 2.38. The standard InChI is InChI=1S/C22H19N3O/c23-14-16-5-9-18(10-6-16)17-7-3-15(4-8-17)12-19-13-21(26)25-22-20(19)2-1-11-24-22/h1-11,13H,12,14,23H2,(H,24,25,26). The summed E-state index contributed by atoms with van der Waals surface area (Å²) < 4.78 is 0. The minimum Gasteiger partial charge on any atom is -0.326 e. The Balaban J connectivity index is 1.63. The first-order valence-electron chi connectivity index (χ1n) is 8.58. The quantitative estimate of drug-likeness (QED) is 0.595. The van der Waals surface area contributed by atoms with Crippen LogP contribution in [0, 0.1) is 0 Å². The molecule has 0 bridgehead atoms. The van der Waals surface area contributed by atoms with Gasteiger partial charge in [-0.1, -0.05) is 48.5 Å². The largest absolute Gasteiger partial charge is 0.326 e. The zero-order chi connectivity index (χ0) is 17.9. The van der Waals surface area contributed by atoms with Crippen LogP contribution in [0.25, 0.3) is 22.2 Å². The normalized spacial score (nSPS) is 11.0. The molecule has 0 aliphatic rings. The van der Waals surface area contributed by atoms with Crippen molar-refractivity contribution in [3.05, 3.63) is 100.0 Å². The zero-order valence-electron chi connectivity index (χ0n) is 14.3. The fraction of sp³-hybridized carbons (Fsp3) is 0.0909. The lowest BCUT2D eigenvalue weighted by atomic mass is 9.99. The maximum Gasteiger partial charge on any atom is 0.249 e. The van der Waals surface area contributed by atoms with Crippen molar-refractivity contribution in [1.29, 1.82) is 0 Å². The molecule has 0 unspecified atom stereocenters. The number of hydrogen-bond acceptors (Lipinski definition) is 3. The third-order valence-corrected chi connectivity index (χ3v) is 4.57. The Bertz CT molecular complexity index is 1100. The van der Waals surface area contributed by atoms with Crippen molar-refractivity contribution in [2.75, 3.05) is 0 Å². The van der Waals surface area contributed by atoms with Gasteiger partial charge in [0.1, 0.15) is 5.65 Å². The highest BCUT2D eigenvalue weighted by Crippen LogP contribution is 2.22. The molecule has 0 amide bonds. The van der Waals surface area contributed by atoms with Crippen LogP contribution in [0.3, 0.4) is 0 Å². The number of fused-ring (bicyclic) bond motifs is 1. The Morgan fingerprint density at radius 3 is 2.19 bits per heavy atom. The second-order valence-corrected chi connectivity index (χ2v) is 6.33. The van der Waals surface area contributed by atoms with Gasteiger partial charge in [0, 0.05) is 24.2 Å². The van der Waals surface area contributed by atoms with Gasteiger partial charge < -0.3 is 10.7 Å². The molecule has 0 spiro atoms. The fourth-order valence-electron chi connectivity index (χ4n) is 3.17. The van der Waals surface area contributed by atoms with E-state index < -0.39 is 0 Å². The van der Waals surface area contributed by atoms with Crippen LogP contribution in [0.2, 0.25) is 0 Å². The number of aromatic nitrogens is 2. The van der Waals surface area contributed by atoms with Gasteiger partial charge in [0.25, 0.3) is 0 Å². The number of rotatable bonds is 4. The van der Waals surface area contributed by atoms with Crippen LogP contribution in [0.15, 0.2) is 77.7 Å². The molecule has 3 N–H and O–H groups in total. The molecule has 0 saturated heterocycles. The van der Waals surface area contributed by atoms with Crippen molar-refractivity contribution in [3.8, 4) is 11.1 Å². The molecule has 2 heterocycles. The van der Waals surface area contributed by atoms with Crippen LogP contribution in [-0.2, 0) is 13.0 Å². The lowest BCUT2D eigenvalue weighted by Crippen LogP contribution is -2.07. The number of pyridine rings is 2. The number of nitrogens with zero attached hydrogens (tertiary/aromatic N) is 1. The first-order valence-corrected chi connectivity index (χ1v) is 8.58. The third-order valence-electron chi connectivity index (χ3n) is 4.57. The second-order valence-electron chi connectivity index (χ2n) is 6.33. The van der Waals surface area contributed by atoms with Gasteiger partial charge in [-0.15, -0.1) is 0 Å². The zero-order valence-corrected chi connectivity index (χ0v) is 14.3. The minimum absolute atomic E-state index is 0.122. The predicted molar refractivity (Wildman–Crippen MR) is 105 cm³/mol. The molecule has 2 aromatic carbocycles. The summed E-state index contributed by atoms with van der Waals surface area (Å²) >= 11 is 0. The number of benzene rings is 2.